The number of aromatic hydroxyl groups is 2. The Hall–Kier alpha value is -4.55. The molecule has 28 nitrogen and oxygen atoms in total. The third kappa shape index (κ3) is 17.0. The van der Waals surface area contributed by atoms with Gasteiger partial charge in [-0.25, -0.2) is 42.1 Å². The smallest absolute Gasteiger partial charge is 0.744 e. The number of allylic oxidation sites excluding steroid dienone is 2. The monoisotopic (exact) mass is 1360 g/mol. The predicted molar refractivity (Wildman–Crippen MR) is 300 cm³/mol. The van der Waals surface area contributed by atoms with Gasteiger partial charge in [0.25, 0.3) is 0 Å². The number of hydrogen-bond donors (Lipinski definition) is 5. The van der Waals surface area contributed by atoms with Gasteiger partial charge in [0, 0.05) is 49.3 Å². The minimum Gasteiger partial charge on any atom is -0.744 e. The second-order valence-corrected chi connectivity index (χ2v) is 25.3. The van der Waals surface area contributed by atoms with Crippen molar-refractivity contribution in [1.29, 1.82) is 0 Å². The molecule has 0 saturated heterocycles. The molecule has 0 saturated carbocycles. The fraction of sp³-hybridized carbons (Fsp3) is 0.0385. The van der Waals surface area contributed by atoms with Crippen LogP contribution in [-0.4, -0.2) is 75.1 Å². The molecular weight excluding hydrogens is 1330 g/mol. The maximum atomic E-state index is 12.7. The number of azo groups is 4. The SMILES string of the molecule is Nc1ccc2c(O)cc(S(=O)(=O)[O-])cc2c1N=Nc1ccc(N=Nc2ccc(Nc3ccc(N=Nc4ccc(N=Nc5c(N)ccc6c(O)cc(S(=O)(=O)[O-])cc56)c5ccc(S(=O)(=O)[O-])cc45)cc3)c(S(=O)(=O)[O-])c2)c2c1CC=C(S(=O)(=O)[O-])C2.[Na+].[Na+].[Na+].[Na+].[Na+]. The zero-order valence-electron chi connectivity index (χ0n) is 47.5. The largest absolute Gasteiger partial charge is 1.00 e. The zero-order chi connectivity index (χ0) is 61.1. The number of anilines is 4. The van der Waals surface area contributed by atoms with Crippen LogP contribution in [0.25, 0.3) is 32.3 Å². The molecule has 434 valence electrons. The summed E-state index contributed by atoms with van der Waals surface area (Å²) in [6, 6.07) is 27.0. The Morgan fingerprint density at radius 1 is 0.389 bits per heavy atom. The quantitative estimate of drug-likeness (QED) is 0.0279. The van der Waals surface area contributed by atoms with E-state index < -0.39 is 93.0 Å². The topological polar surface area (TPSA) is 489 Å². The van der Waals surface area contributed by atoms with Gasteiger partial charge in [-0.15, -0.1) is 20.5 Å². The standard InChI is InChI=1S/C52H39N11O17S5.5Na/c53-41-12-10-35-39(22-31(24-48(35)64)83(72,73)74)51(41)62-60-43-15-17-45(37-20-29(81(66,67)68)6-8-33(37)43)58-56-27-3-1-26(2-4-27)55-47-14-5-28(19-50(47)85(78,79)80)57-59-46-18-16-44(34-9-7-30(21-38(34)46)82(69,70)71)61-63-52-40-23-32(84(75,76)77)25-49(65)36(40)11-13-42(52)54;;;;;/h1-8,10-20,22-25,55,64-65H,9,21,53-54H2,(H,66,67,68)(H,69,70,71)(H,72,73,74)(H,75,76,77)(H,78,79,80);;;;;/q;5*+1/p-5. The molecule has 0 aromatic heterocycles. The predicted octanol–water partition coefficient (Wildman–Crippen LogP) is -4.71. The van der Waals surface area contributed by atoms with Gasteiger partial charge in [0.15, 0.2) is 0 Å². The van der Waals surface area contributed by atoms with Crippen LogP contribution in [0.4, 0.5) is 68.2 Å². The van der Waals surface area contributed by atoms with Crippen molar-refractivity contribution < 1.29 is 223 Å². The van der Waals surface area contributed by atoms with E-state index in [1.807, 2.05) is 0 Å². The maximum Gasteiger partial charge on any atom is 1.00 e. The first kappa shape index (κ1) is 76.2. The zero-order valence-corrected chi connectivity index (χ0v) is 61.6. The maximum absolute atomic E-state index is 12.7. The molecular formula is C52H34N11Na5O17S5. The van der Waals surface area contributed by atoms with Crippen LogP contribution in [0.1, 0.15) is 11.1 Å². The van der Waals surface area contributed by atoms with Gasteiger partial charge in [0.2, 0.25) is 0 Å². The van der Waals surface area contributed by atoms with E-state index in [2.05, 4.69) is 46.2 Å². The van der Waals surface area contributed by atoms with Crippen LogP contribution in [0.5, 0.6) is 11.5 Å². The first-order valence-corrected chi connectivity index (χ1v) is 30.9. The number of fused-ring (bicyclic) bond motifs is 4. The van der Waals surface area contributed by atoms with E-state index in [9.17, 15) is 75.1 Å². The Morgan fingerprint density at radius 2 is 0.822 bits per heavy atom. The Bertz CT molecular complexity index is 5150. The second-order valence-electron chi connectivity index (χ2n) is 18.4. The molecule has 0 heterocycles. The fourth-order valence-electron chi connectivity index (χ4n) is 8.93. The van der Waals surface area contributed by atoms with E-state index in [4.69, 9.17) is 11.5 Å². The molecule has 9 aromatic rings. The third-order valence-corrected chi connectivity index (χ3v) is 17.3. The summed E-state index contributed by atoms with van der Waals surface area (Å²) in [5.74, 6) is -1.11. The molecule has 0 unspecified atom stereocenters. The van der Waals surface area contributed by atoms with Crippen molar-refractivity contribution in [2.45, 2.75) is 32.4 Å². The molecule has 0 aliphatic heterocycles. The van der Waals surface area contributed by atoms with Crippen molar-refractivity contribution in [3.8, 4) is 11.5 Å². The molecule has 38 heteroatoms. The van der Waals surface area contributed by atoms with Gasteiger partial charge >= 0.3 is 148 Å². The Labute approximate surface area is 622 Å². The number of benzene rings is 9. The van der Waals surface area contributed by atoms with E-state index in [0.717, 1.165) is 48.5 Å². The van der Waals surface area contributed by atoms with Crippen molar-refractivity contribution in [3.63, 3.8) is 0 Å². The third-order valence-electron chi connectivity index (χ3n) is 13.0. The average Bonchev–Trinajstić information content (AvgIpc) is 0.814. The summed E-state index contributed by atoms with van der Waals surface area (Å²) in [6.45, 7) is 0. The summed E-state index contributed by atoms with van der Waals surface area (Å²) >= 11 is 0. The van der Waals surface area contributed by atoms with Crippen LogP contribution in [0.3, 0.4) is 0 Å². The molecule has 1 aliphatic carbocycles. The molecule has 9 aromatic carbocycles. The fourth-order valence-corrected chi connectivity index (χ4v) is 11.7. The van der Waals surface area contributed by atoms with Crippen LogP contribution in [0.15, 0.2) is 205 Å². The minimum absolute atomic E-state index is 0. The molecule has 10 rings (SSSR count). The average molecular weight is 1360 g/mol. The minimum atomic E-state index is -5.24. The van der Waals surface area contributed by atoms with Crippen molar-refractivity contribution in [2.24, 2.45) is 40.9 Å². The number of nitrogens with two attached hydrogens (primary N) is 2. The Morgan fingerprint density at radius 3 is 1.33 bits per heavy atom. The molecule has 0 bridgehead atoms. The van der Waals surface area contributed by atoms with E-state index in [1.54, 1.807) is 0 Å². The van der Waals surface area contributed by atoms with E-state index in [-0.39, 0.29) is 260 Å². The van der Waals surface area contributed by atoms with Crippen molar-refractivity contribution in [1.82, 2.24) is 0 Å². The second kappa shape index (κ2) is 29.8. The summed E-state index contributed by atoms with van der Waals surface area (Å²) in [6.07, 6.45) is 0.483. The van der Waals surface area contributed by atoms with Gasteiger partial charge in [-0.2, -0.15) is 20.5 Å². The molecule has 0 fully saturated rings. The van der Waals surface area contributed by atoms with E-state index >= 15 is 0 Å². The van der Waals surface area contributed by atoms with Gasteiger partial charge in [-0.05, 0) is 145 Å². The van der Waals surface area contributed by atoms with Crippen molar-refractivity contribution >= 4 is 151 Å². The normalized spacial score (nSPS) is 12.9. The van der Waals surface area contributed by atoms with Gasteiger partial charge in [-0.1, -0.05) is 12.1 Å². The van der Waals surface area contributed by atoms with Crippen LogP contribution in [-0.2, 0) is 63.4 Å². The molecule has 0 atom stereocenters. The Kier molecular flexibility index (Phi) is 25.2. The summed E-state index contributed by atoms with van der Waals surface area (Å²) < 4.78 is 182. The van der Waals surface area contributed by atoms with Gasteiger partial charge in [0.1, 0.15) is 73.5 Å². The number of nitrogens with one attached hydrogen (secondary N) is 1. The number of nitrogens with zero attached hydrogens (tertiary/aromatic N) is 8. The van der Waals surface area contributed by atoms with Crippen LogP contribution in [0, 0.1) is 0 Å². The first-order valence-electron chi connectivity index (χ1n) is 23.9. The molecule has 0 amide bonds. The number of phenols is 2. The van der Waals surface area contributed by atoms with Crippen LogP contribution in [0.2, 0.25) is 0 Å². The van der Waals surface area contributed by atoms with Gasteiger partial charge in [0.05, 0.1) is 70.8 Å². The molecule has 90 heavy (non-hydrogen) atoms. The number of phenolic OH excluding ortho intramolecular Hbond substituents is 2. The molecule has 7 N–H and O–H groups in total. The van der Waals surface area contributed by atoms with Crippen molar-refractivity contribution in [2.75, 3.05) is 16.8 Å². The summed E-state index contributed by atoms with van der Waals surface area (Å²) in [7, 11) is -25.3. The summed E-state index contributed by atoms with van der Waals surface area (Å²) in [4.78, 5) is -3.44. The summed E-state index contributed by atoms with van der Waals surface area (Å²) in [5.41, 5.74) is 12.7. The van der Waals surface area contributed by atoms with Gasteiger partial charge < -0.3 is 49.8 Å². The Balaban J connectivity index is 0.00000295. The van der Waals surface area contributed by atoms with E-state index in [1.165, 1.54) is 91.0 Å². The number of hydrogen-bond acceptors (Lipinski definition) is 28. The molecule has 0 radical (unpaired) electrons. The number of rotatable bonds is 15. The number of nitrogen functional groups attached to an aromatic ring is 2. The molecule has 1 aliphatic rings. The van der Waals surface area contributed by atoms with Crippen LogP contribution >= 0.6 is 0 Å². The van der Waals surface area contributed by atoms with E-state index in [0.29, 0.717) is 5.56 Å². The van der Waals surface area contributed by atoms with Crippen LogP contribution < -0.4 is 165 Å². The van der Waals surface area contributed by atoms with Gasteiger partial charge in [-0.3, -0.25) is 0 Å². The summed E-state index contributed by atoms with van der Waals surface area (Å²) in [5, 5.41) is 57.8. The first-order chi connectivity index (χ1) is 39.9. The van der Waals surface area contributed by atoms with Crippen molar-refractivity contribution in [3.05, 3.63) is 156 Å². The molecule has 0 spiro atoms.